The van der Waals surface area contributed by atoms with Gasteiger partial charge in [-0.15, -0.1) is 0 Å². The maximum absolute atomic E-state index is 13.0. The number of fused-ring (bicyclic) bond motifs is 1. The first-order valence-corrected chi connectivity index (χ1v) is 8.74. The number of alkyl halides is 3. The van der Waals surface area contributed by atoms with Crippen LogP contribution in [0, 0.1) is 11.3 Å². The van der Waals surface area contributed by atoms with Crippen LogP contribution in [0.1, 0.15) is 23.1 Å². The van der Waals surface area contributed by atoms with Crippen LogP contribution in [0.4, 0.5) is 13.2 Å². The van der Waals surface area contributed by atoms with Crippen LogP contribution < -0.4 is 0 Å². The van der Waals surface area contributed by atoms with Crippen molar-refractivity contribution < 1.29 is 18.0 Å². The number of carbonyl (C=O) groups excluding carboxylic acids is 1. The molecule has 0 aliphatic rings. The summed E-state index contributed by atoms with van der Waals surface area (Å²) in [6.07, 6.45) is -2.37. The number of aromatic nitrogens is 1. The fraction of sp³-hybridized carbons (Fsp3) is 0.238. The van der Waals surface area contributed by atoms with Crippen molar-refractivity contribution in [1.82, 2.24) is 9.88 Å². The smallest absolute Gasteiger partial charge is 0.361 e. The standard InChI is InChI=1S/C21H18F3N3O/c22-21(23,24)14-27(13-16-7-5-15(11-25)6-8-16)20(28)10-9-17-12-26-19-4-2-1-3-18(17)19/h1-8,12,26H,9-10,13-14H2. The fourth-order valence-electron chi connectivity index (χ4n) is 3.09. The van der Waals surface area contributed by atoms with Crippen LogP contribution in [-0.2, 0) is 17.8 Å². The Labute approximate surface area is 160 Å². The molecule has 0 spiro atoms. The molecule has 3 rings (SSSR count). The molecule has 0 aliphatic heterocycles. The summed E-state index contributed by atoms with van der Waals surface area (Å²) in [5, 5.41) is 9.78. The number of hydrogen-bond donors (Lipinski definition) is 1. The summed E-state index contributed by atoms with van der Waals surface area (Å²) in [7, 11) is 0. The third-order valence-electron chi connectivity index (χ3n) is 4.46. The minimum Gasteiger partial charge on any atom is -0.361 e. The largest absolute Gasteiger partial charge is 0.406 e. The fourth-order valence-corrected chi connectivity index (χ4v) is 3.09. The van der Waals surface area contributed by atoms with Gasteiger partial charge < -0.3 is 9.88 Å². The molecule has 2 aromatic carbocycles. The highest BCUT2D eigenvalue weighted by Crippen LogP contribution is 2.22. The molecule has 0 atom stereocenters. The molecule has 4 nitrogen and oxygen atoms in total. The van der Waals surface area contributed by atoms with E-state index in [1.165, 1.54) is 12.1 Å². The van der Waals surface area contributed by atoms with Crippen molar-refractivity contribution in [2.75, 3.05) is 6.54 Å². The van der Waals surface area contributed by atoms with E-state index >= 15 is 0 Å². The maximum Gasteiger partial charge on any atom is 0.406 e. The molecule has 7 heteroatoms. The summed E-state index contributed by atoms with van der Waals surface area (Å²) in [6.45, 7) is -1.46. The van der Waals surface area contributed by atoms with Gasteiger partial charge in [-0.25, -0.2) is 0 Å². The number of aryl methyl sites for hydroxylation is 1. The molecule has 0 saturated carbocycles. The van der Waals surface area contributed by atoms with Crippen LogP contribution >= 0.6 is 0 Å². The van der Waals surface area contributed by atoms with Crippen LogP contribution in [0.25, 0.3) is 10.9 Å². The first-order chi connectivity index (χ1) is 13.4. The number of rotatable bonds is 6. The van der Waals surface area contributed by atoms with E-state index in [4.69, 9.17) is 5.26 Å². The summed E-state index contributed by atoms with van der Waals surface area (Å²) < 4.78 is 38.9. The predicted molar refractivity (Wildman–Crippen MR) is 99.2 cm³/mol. The van der Waals surface area contributed by atoms with Crippen molar-refractivity contribution in [3.8, 4) is 6.07 Å². The molecule has 0 aliphatic carbocycles. The Balaban J connectivity index is 1.71. The van der Waals surface area contributed by atoms with Gasteiger partial charge >= 0.3 is 6.18 Å². The molecule has 28 heavy (non-hydrogen) atoms. The Morgan fingerprint density at radius 1 is 1.11 bits per heavy atom. The van der Waals surface area contributed by atoms with E-state index < -0.39 is 18.6 Å². The number of benzene rings is 2. The molecule has 0 saturated heterocycles. The van der Waals surface area contributed by atoms with Crippen LogP contribution in [0.15, 0.2) is 54.7 Å². The average Bonchev–Trinajstić information content (AvgIpc) is 3.08. The minimum atomic E-state index is -4.48. The van der Waals surface area contributed by atoms with Crippen molar-refractivity contribution in [2.24, 2.45) is 0 Å². The van der Waals surface area contributed by atoms with Gasteiger partial charge in [-0.2, -0.15) is 18.4 Å². The monoisotopic (exact) mass is 385 g/mol. The second-order valence-electron chi connectivity index (χ2n) is 6.53. The van der Waals surface area contributed by atoms with E-state index in [1.807, 2.05) is 30.3 Å². The van der Waals surface area contributed by atoms with Crippen molar-refractivity contribution in [3.05, 3.63) is 71.4 Å². The summed E-state index contributed by atoms with van der Waals surface area (Å²) in [4.78, 5) is 16.5. The average molecular weight is 385 g/mol. The molecule has 1 N–H and O–H groups in total. The number of halogens is 3. The van der Waals surface area contributed by atoms with Gasteiger partial charge in [-0.3, -0.25) is 4.79 Å². The lowest BCUT2D eigenvalue weighted by atomic mass is 10.1. The Morgan fingerprint density at radius 2 is 1.82 bits per heavy atom. The summed E-state index contributed by atoms with van der Waals surface area (Å²) in [6, 6.07) is 15.7. The molecule has 0 bridgehead atoms. The van der Waals surface area contributed by atoms with Gasteiger partial charge in [-0.05, 0) is 35.7 Å². The van der Waals surface area contributed by atoms with E-state index in [2.05, 4.69) is 4.98 Å². The number of nitrogens with zero attached hydrogens (tertiary/aromatic N) is 2. The van der Waals surface area contributed by atoms with Gasteiger partial charge in [0.15, 0.2) is 0 Å². The Kier molecular flexibility index (Phi) is 5.69. The SMILES string of the molecule is N#Cc1ccc(CN(CC(F)(F)F)C(=O)CCc2c[nH]c3ccccc23)cc1. The number of para-hydroxylation sites is 1. The molecular formula is C21H18F3N3O. The summed E-state index contributed by atoms with van der Waals surface area (Å²) >= 11 is 0. The van der Waals surface area contributed by atoms with Gasteiger partial charge in [0.25, 0.3) is 0 Å². The van der Waals surface area contributed by atoms with Crippen LogP contribution in [-0.4, -0.2) is 28.5 Å². The second kappa shape index (κ2) is 8.17. The number of carbonyl (C=O) groups is 1. The zero-order valence-corrected chi connectivity index (χ0v) is 15.0. The molecule has 0 unspecified atom stereocenters. The first-order valence-electron chi connectivity index (χ1n) is 8.74. The molecule has 0 radical (unpaired) electrons. The number of hydrogen-bond acceptors (Lipinski definition) is 2. The van der Waals surface area contributed by atoms with E-state index in [0.717, 1.165) is 21.4 Å². The highest BCUT2D eigenvalue weighted by atomic mass is 19.4. The third kappa shape index (κ3) is 4.92. The Bertz CT molecular complexity index is 1000. The number of nitrogens with one attached hydrogen (secondary N) is 1. The summed E-state index contributed by atoms with van der Waals surface area (Å²) in [5.41, 5.74) is 2.78. The highest BCUT2D eigenvalue weighted by Gasteiger charge is 2.32. The van der Waals surface area contributed by atoms with Gasteiger partial charge in [0.2, 0.25) is 5.91 Å². The number of nitriles is 1. The first kappa shape index (κ1) is 19.5. The van der Waals surface area contributed by atoms with Crippen LogP contribution in [0.5, 0.6) is 0 Å². The van der Waals surface area contributed by atoms with Crippen molar-refractivity contribution >= 4 is 16.8 Å². The van der Waals surface area contributed by atoms with E-state index in [1.54, 1.807) is 18.3 Å². The molecule has 144 valence electrons. The predicted octanol–water partition coefficient (Wildman–Crippen LogP) is 4.56. The van der Waals surface area contributed by atoms with E-state index in [0.29, 0.717) is 17.5 Å². The van der Waals surface area contributed by atoms with Gasteiger partial charge in [0.1, 0.15) is 6.54 Å². The van der Waals surface area contributed by atoms with Crippen LogP contribution in [0.3, 0.4) is 0 Å². The van der Waals surface area contributed by atoms with Crippen LogP contribution in [0.2, 0.25) is 0 Å². The van der Waals surface area contributed by atoms with Crippen molar-refractivity contribution in [2.45, 2.75) is 25.6 Å². The molecule has 1 heterocycles. The lowest BCUT2D eigenvalue weighted by Gasteiger charge is -2.24. The normalized spacial score (nSPS) is 11.4. The Morgan fingerprint density at radius 3 is 2.50 bits per heavy atom. The Hall–Kier alpha value is -3.27. The number of amides is 1. The number of H-pyrrole nitrogens is 1. The van der Waals surface area contributed by atoms with E-state index in [-0.39, 0.29) is 13.0 Å². The lowest BCUT2D eigenvalue weighted by molar-refractivity contribution is -0.162. The molecular weight excluding hydrogens is 367 g/mol. The quantitative estimate of drug-likeness (QED) is 0.676. The zero-order valence-electron chi connectivity index (χ0n) is 15.0. The van der Waals surface area contributed by atoms with Gasteiger partial charge in [0, 0.05) is 30.1 Å². The molecule has 3 aromatic rings. The topological polar surface area (TPSA) is 59.9 Å². The molecule has 1 amide bonds. The maximum atomic E-state index is 13.0. The number of aromatic amines is 1. The lowest BCUT2D eigenvalue weighted by Crippen LogP contribution is -2.38. The van der Waals surface area contributed by atoms with Gasteiger partial charge in [0.05, 0.1) is 11.6 Å². The van der Waals surface area contributed by atoms with Crippen molar-refractivity contribution in [3.63, 3.8) is 0 Å². The molecule has 0 fully saturated rings. The zero-order chi connectivity index (χ0) is 20.1. The molecule has 1 aromatic heterocycles. The minimum absolute atomic E-state index is 0.0196. The second-order valence-corrected chi connectivity index (χ2v) is 6.53. The highest BCUT2D eigenvalue weighted by molar-refractivity contribution is 5.84. The van der Waals surface area contributed by atoms with Crippen molar-refractivity contribution in [1.29, 1.82) is 5.26 Å². The van der Waals surface area contributed by atoms with Gasteiger partial charge in [-0.1, -0.05) is 30.3 Å². The summed E-state index contributed by atoms with van der Waals surface area (Å²) in [5.74, 6) is -0.563. The third-order valence-corrected chi connectivity index (χ3v) is 4.46. The van der Waals surface area contributed by atoms with E-state index in [9.17, 15) is 18.0 Å².